The number of hydrogen-bond donors (Lipinski definition) is 2. The van der Waals surface area contributed by atoms with E-state index in [1.807, 2.05) is 0 Å². The van der Waals surface area contributed by atoms with Crippen LogP contribution >= 0.6 is 0 Å². The maximum Gasteiger partial charge on any atom is 0.000528 e. The Hall–Kier alpha value is -0.0800. The highest BCUT2D eigenvalue weighted by atomic mass is 14.9. The van der Waals surface area contributed by atoms with Crippen LogP contribution in [0.1, 0.15) is 53.4 Å². The number of hydrogen-bond acceptors (Lipinski definition) is 2. The molecule has 2 nitrogen and oxygen atoms in total. The minimum Gasteiger partial charge on any atom is -0.330 e. The van der Waals surface area contributed by atoms with E-state index in [-0.39, 0.29) is 0 Å². The molecule has 1 saturated carbocycles. The predicted molar refractivity (Wildman–Crippen MR) is 71.4 cm³/mol. The van der Waals surface area contributed by atoms with E-state index < -0.39 is 0 Å². The van der Waals surface area contributed by atoms with Crippen molar-refractivity contribution in [3.8, 4) is 0 Å². The third kappa shape index (κ3) is 4.84. The maximum atomic E-state index is 5.84. The van der Waals surface area contributed by atoms with Crippen LogP contribution < -0.4 is 11.1 Å². The van der Waals surface area contributed by atoms with Gasteiger partial charge in [-0.2, -0.15) is 0 Å². The molecule has 0 heterocycles. The molecule has 0 saturated heterocycles. The Balaban J connectivity index is 2.18. The van der Waals surface area contributed by atoms with E-state index >= 15 is 0 Å². The molecule has 1 unspecified atom stereocenters. The van der Waals surface area contributed by atoms with Gasteiger partial charge in [0.25, 0.3) is 0 Å². The summed E-state index contributed by atoms with van der Waals surface area (Å²) in [7, 11) is 0. The van der Waals surface area contributed by atoms with Crippen LogP contribution in [-0.4, -0.2) is 19.6 Å². The van der Waals surface area contributed by atoms with Crippen LogP contribution in [0.4, 0.5) is 0 Å². The van der Waals surface area contributed by atoms with Crippen molar-refractivity contribution in [2.24, 2.45) is 22.5 Å². The standard InChI is InChI=1S/C14H30N2/c1-13(2,3)8-12(9-15)10-16-11-14(4)6-5-7-14/h12,16H,5-11,15H2,1-4H3. The predicted octanol–water partition coefficient (Wildman–Crippen LogP) is 2.78. The largest absolute Gasteiger partial charge is 0.330 e. The van der Waals surface area contributed by atoms with Gasteiger partial charge >= 0.3 is 0 Å². The normalized spacial score (nSPS) is 21.6. The quantitative estimate of drug-likeness (QED) is 0.731. The lowest BCUT2D eigenvalue weighted by Crippen LogP contribution is -2.40. The van der Waals surface area contributed by atoms with Crippen LogP contribution in [0.25, 0.3) is 0 Å². The lowest BCUT2D eigenvalue weighted by molar-refractivity contribution is 0.152. The fourth-order valence-corrected chi connectivity index (χ4v) is 2.64. The molecule has 1 fully saturated rings. The molecule has 0 amide bonds. The first-order valence-corrected chi connectivity index (χ1v) is 6.75. The molecule has 0 aromatic carbocycles. The van der Waals surface area contributed by atoms with Gasteiger partial charge in [-0.05, 0) is 49.1 Å². The smallest absolute Gasteiger partial charge is 0.000528 e. The minimum absolute atomic E-state index is 0.395. The van der Waals surface area contributed by atoms with Crippen molar-refractivity contribution in [3.05, 3.63) is 0 Å². The highest BCUT2D eigenvalue weighted by Gasteiger charge is 2.31. The van der Waals surface area contributed by atoms with Gasteiger partial charge in [0, 0.05) is 6.54 Å². The Labute approximate surface area is 101 Å². The summed E-state index contributed by atoms with van der Waals surface area (Å²) in [6.45, 7) is 12.3. The molecule has 1 aliphatic rings. The Morgan fingerprint density at radius 2 is 1.94 bits per heavy atom. The Bertz CT molecular complexity index is 201. The topological polar surface area (TPSA) is 38.0 Å². The van der Waals surface area contributed by atoms with Gasteiger partial charge in [-0.3, -0.25) is 0 Å². The molecule has 16 heavy (non-hydrogen) atoms. The lowest BCUT2D eigenvalue weighted by atomic mass is 9.70. The summed E-state index contributed by atoms with van der Waals surface area (Å²) >= 11 is 0. The van der Waals surface area contributed by atoms with Crippen molar-refractivity contribution in [2.75, 3.05) is 19.6 Å². The van der Waals surface area contributed by atoms with Gasteiger partial charge in [0.2, 0.25) is 0 Å². The van der Waals surface area contributed by atoms with E-state index in [1.165, 1.54) is 32.2 Å². The van der Waals surface area contributed by atoms with Crippen molar-refractivity contribution in [2.45, 2.75) is 53.4 Å². The fourth-order valence-electron chi connectivity index (χ4n) is 2.64. The molecule has 1 rings (SSSR count). The molecule has 0 aromatic heterocycles. The zero-order valence-corrected chi connectivity index (χ0v) is 11.6. The summed E-state index contributed by atoms with van der Waals surface area (Å²) < 4.78 is 0. The monoisotopic (exact) mass is 226 g/mol. The van der Waals surface area contributed by atoms with E-state index in [9.17, 15) is 0 Å². The molecular formula is C14H30N2. The Kier molecular flexibility index (Phi) is 4.81. The molecule has 3 N–H and O–H groups in total. The molecule has 96 valence electrons. The van der Waals surface area contributed by atoms with Gasteiger partial charge in [0.05, 0.1) is 0 Å². The number of nitrogens with two attached hydrogens (primary N) is 1. The average Bonchev–Trinajstić information content (AvgIpc) is 2.11. The molecular weight excluding hydrogens is 196 g/mol. The van der Waals surface area contributed by atoms with Crippen molar-refractivity contribution >= 4 is 0 Å². The summed E-state index contributed by atoms with van der Waals surface area (Å²) in [5, 5.41) is 3.62. The van der Waals surface area contributed by atoms with Crippen molar-refractivity contribution in [1.29, 1.82) is 0 Å². The summed E-state index contributed by atoms with van der Waals surface area (Å²) in [5.74, 6) is 0.628. The molecule has 0 aliphatic heterocycles. The van der Waals surface area contributed by atoms with Crippen LogP contribution in [0.5, 0.6) is 0 Å². The van der Waals surface area contributed by atoms with Crippen molar-refractivity contribution < 1.29 is 0 Å². The Morgan fingerprint density at radius 1 is 1.31 bits per heavy atom. The molecule has 1 atom stereocenters. The second-order valence-electron chi connectivity index (χ2n) is 7.16. The number of rotatable bonds is 6. The number of nitrogens with one attached hydrogen (secondary N) is 1. The van der Waals surface area contributed by atoms with Crippen LogP contribution in [0.3, 0.4) is 0 Å². The van der Waals surface area contributed by atoms with Crippen LogP contribution in [0, 0.1) is 16.7 Å². The molecule has 0 bridgehead atoms. The van der Waals surface area contributed by atoms with Crippen LogP contribution in [0.2, 0.25) is 0 Å². The first kappa shape index (κ1) is 14.0. The minimum atomic E-state index is 0.395. The summed E-state index contributed by atoms with van der Waals surface area (Å²) in [6, 6.07) is 0. The highest BCUT2D eigenvalue weighted by Crippen LogP contribution is 2.39. The van der Waals surface area contributed by atoms with Gasteiger partial charge in [-0.25, -0.2) is 0 Å². The molecule has 0 aromatic rings. The second kappa shape index (κ2) is 5.50. The van der Waals surface area contributed by atoms with Crippen LogP contribution in [-0.2, 0) is 0 Å². The first-order chi connectivity index (χ1) is 7.35. The van der Waals surface area contributed by atoms with Gasteiger partial charge in [-0.15, -0.1) is 0 Å². The SMILES string of the molecule is CC(C)(C)CC(CN)CNCC1(C)CCC1. The average molecular weight is 226 g/mol. The first-order valence-electron chi connectivity index (χ1n) is 6.75. The van der Waals surface area contributed by atoms with Crippen LogP contribution in [0.15, 0.2) is 0 Å². The molecule has 2 heteroatoms. The third-order valence-electron chi connectivity index (χ3n) is 3.78. The summed E-state index contributed by atoms with van der Waals surface area (Å²) in [4.78, 5) is 0. The van der Waals surface area contributed by atoms with E-state index in [4.69, 9.17) is 5.73 Å². The Morgan fingerprint density at radius 3 is 2.31 bits per heavy atom. The molecule has 0 spiro atoms. The van der Waals surface area contributed by atoms with E-state index in [2.05, 4.69) is 33.0 Å². The summed E-state index contributed by atoms with van der Waals surface area (Å²) in [6.07, 6.45) is 5.42. The zero-order valence-electron chi connectivity index (χ0n) is 11.6. The lowest BCUT2D eigenvalue weighted by Gasteiger charge is -2.39. The van der Waals surface area contributed by atoms with Gasteiger partial charge in [-0.1, -0.05) is 34.1 Å². The van der Waals surface area contributed by atoms with Gasteiger partial charge in [0.15, 0.2) is 0 Å². The highest BCUT2D eigenvalue weighted by molar-refractivity contribution is 4.85. The summed E-state index contributed by atoms with van der Waals surface area (Å²) in [5.41, 5.74) is 6.82. The van der Waals surface area contributed by atoms with Gasteiger partial charge in [0.1, 0.15) is 0 Å². The zero-order chi connectivity index (χ0) is 12.2. The maximum absolute atomic E-state index is 5.84. The van der Waals surface area contributed by atoms with Gasteiger partial charge < -0.3 is 11.1 Å². The van der Waals surface area contributed by atoms with Crippen molar-refractivity contribution in [3.63, 3.8) is 0 Å². The molecule has 0 radical (unpaired) electrons. The van der Waals surface area contributed by atoms with E-state index in [1.54, 1.807) is 0 Å². The van der Waals surface area contributed by atoms with E-state index in [0.717, 1.165) is 13.1 Å². The molecule has 1 aliphatic carbocycles. The second-order valence-corrected chi connectivity index (χ2v) is 7.16. The van der Waals surface area contributed by atoms with E-state index in [0.29, 0.717) is 16.7 Å². The third-order valence-corrected chi connectivity index (χ3v) is 3.78. The fraction of sp³-hybridized carbons (Fsp3) is 1.00. The van der Waals surface area contributed by atoms with Crippen molar-refractivity contribution in [1.82, 2.24) is 5.32 Å².